The molecule has 1 fully saturated rings. The Hall–Kier alpha value is -0.203. The van der Waals surface area contributed by atoms with Crippen LogP contribution in [0.4, 0.5) is 0 Å². The van der Waals surface area contributed by atoms with Gasteiger partial charge in [0, 0.05) is 27.9 Å². The largest absolute Gasteiger partial charge is 0.534 e. The minimum Gasteiger partial charge on any atom is -0.375 e. The molecular formula is C11H22O4Si. The van der Waals surface area contributed by atoms with Gasteiger partial charge in [-0.25, -0.2) is 0 Å². The average molecular weight is 246 g/mol. The van der Waals surface area contributed by atoms with Gasteiger partial charge in [0.05, 0.1) is 0 Å². The molecule has 1 atom stereocenters. The van der Waals surface area contributed by atoms with Crippen molar-refractivity contribution in [3.05, 3.63) is 12.7 Å². The summed E-state index contributed by atoms with van der Waals surface area (Å²) in [6.07, 6.45) is 5.65. The van der Waals surface area contributed by atoms with Gasteiger partial charge in [-0.05, 0) is 25.7 Å². The SMILES string of the molecule is C=CCC1([Si](OC)(OC)OC)CCCCO1. The van der Waals surface area contributed by atoms with Crippen LogP contribution in [0.15, 0.2) is 12.7 Å². The van der Waals surface area contributed by atoms with E-state index in [9.17, 15) is 0 Å². The Kier molecular flexibility index (Phi) is 5.14. The molecule has 0 saturated carbocycles. The van der Waals surface area contributed by atoms with E-state index in [1.54, 1.807) is 21.3 Å². The van der Waals surface area contributed by atoms with E-state index in [2.05, 4.69) is 6.58 Å². The predicted molar refractivity (Wildman–Crippen MR) is 64.1 cm³/mol. The second kappa shape index (κ2) is 5.93. The molecule has 0 aromatic rings. The van der Waals surface area contributed by atoms with Crippen LogP contribution in [0.2, 0.25) is 0 Å². The zero-order valence-corrected chi connectivity index (χ0v) is 11.5. The summed E-state index contributed by atoms with van der Waals surface area (Å²) in [5, 5.41) is -0.453. The van der Waals surface area contributed by atoms with Crippen LogP contribution in [0.3, 0.4) is 0 Å². The van der Waals surface area contributed by atoms with Crippen molar-refractivity contribution in [2.24, 2.45) is 0 Å². The van der Waals surface area contributed by atoms with Gasteiger partial charge >= 0.3 is 8.80 Å². The first-order valence-corrected chi connectivity index (χ1v) is 7.33. The smallest absolute Gasteiger partial charge is 0.375 e. The van der Waals surface area contributed by atoms with Gasteiger partial charge in [-0.2, -0.15) is 0 Å². The first kappa shape index (κ1) is 13.9. The monoisotopic (exact) mass is 246 g/mol. The van der Waals surface area contributed by atoms with E-state index >= 15 is 0 Å². The molecule has 5 heteroatoms. The van der Waals surface area contributed by atoms with Gasteiger partial charge in [0.1, 0.15) is 5.22 Å². The fraction of sp³-hybridized carbons (Fsp3) is 0.818. The molecule has 16 heavy (non-hydrogen) atoms. The van der Waals surface area contributed by atoms with E-state index in [0.717, 1.165) is 25.9 Å². The van der Waals surface area contributed by atoms with E-state index in [4.69, 9.17) is 18.0 Å². The van der Waals surface area contributed by atoms with E-state index in [1.165, 1.54) is 0 Å². The summed E-state index contributed by atoms with van der Waals surface area (Å²) in [6, 6.07) is 0. The van der Waals surface area contributed by atoms with Crippen molar-refractivity contribution in [1.82, 2.24) is 0 Å². The lowest BCUT2D eigenvalue weighted by molar-refractivity contribution is -0.0808. The summed E-state index contributed by atoms with van der Waals surface area (Å²) < 4.78 is 22.6. The van der Waals surface area contributed by atoms with Crippen LogP contribution < -0.4 is 0 Å². The molecule has 94 valence electrons. The molecule has 1 unspecified atom stereocenters. The molecule has 4 nitrogen and oxygen atoms in total. The van der Waals surface area contributed by atoms with Crippen LogP contribution in [-0.4, -0.2) is 42.0 Å². The number of hydrogen-bond donors (Lipinski definition) is 0. The second-order valence-corrected chi connectivity index (χ2v) is 7.21. The van der Waals surface area contributed by atoms with Crippen molar-refractivity contribution >= 4 is 8.80 Å². The van der Waals surface area contributed by atoms with E-state index in [-0.39, 0.29) is 0 Å². The maximum Gasteiger partial charge on any atom is 0.534 e. The average Bonchev–Trinajstić information content (AvgIpc) is 2.33. The summed E-state index contributed by atoms with van der Waals surface area (Å²) in [7, 11) is 2.10. The Balaban J connectivity index is 3.00. The third kappa shape index (κ3) is 2.23. The fourth-order valence-corrected chi connectivity index (χ4v) is 5.19. The maximum absolute atomic E-state index is 5.96. The first-order chi connectivity index (χ1) is 7.70. The van der Waals surface area contributed by atoms with Crippen molar-refractivity contribution in [1.29, 1.82) is 0 Å². The Labute approximate surface area is 98.9 Å². The van der Waals surface area contributed by atoms with E-state index in [0.29, 0.717) is 6.42 Å². The summed E-state index contributed by atoms with van der Waals surface area (Å²) in [5.41, 5.74) is 0. The third-order valence-corrected chi connectivity index (χ3v) is 6.52. The Morgan fingerprint density at radius 1 is 1.25 bits per heavy atom. The molecule has 0 amide bonds. The van der Waals surface area contributed by atoms with Gasteiger partial charge in [-0.3, -0.25) is 0 Å². The third-order valence-electron chi connectivity index (χ3n) is 3.19. The molecule has 1 heterocycles. The Bertz CT molecular complexity index is 214. The normalized spacial score (nSPS) is 26.7. The Morgan fingerprint density at radius 3 is 2.25 bits per heavy atom. The summed E-state index contributed by atoms with van der Waals surface area (Å²) >= 11 is 0. The standard InChI is InChI=1S/C11H22O4Si/c1-5-8-11(9-6-7-10-15-11)16(12-2,13-3)14-4/h5H,1,6-10H2,2-4H3. The van der Waals surface area contributed by atoms with Crippen molar-refractivity contribution in [3.8, 4) is 0 Å². The van der Waals surface area contributed by atoms with Gasteiger partial charge in [-0.15, -0.1) is 6.58 Å². The molecule has 0 aromatic carbocycles. The summed E-state index contributed by atoms with van der Waals surface area (Å²) in [5.74, 6) is 0. The number of hydrogen-bond acceptors (Lipinski definition) is 4. The fourth-order valence-electron chi connectivity index (χ4n) is 2.42. The van der Waals surface area contributed by atoms with Crippen LogP contribution in [-0.2, 0) is 18.0 Å². The van der Waals surface area contributed by atoms with Crippen LogP contribution >= 0.6 is 0 Å². The molecule has 1 rings (SSSR count). The lowest BCUT2D eigenvalue weighted by Gasteiger charge is -2.45. The molecule has 0 aliphatic carbocycles. The molecular weight excluding hydrogens is 224 g/mol. The lowest BCUT2D eigenvalue weighted by Crippen LogP contribution is -2.65. The van der Waals surface area contributed by atoms with E-state index in [1.807, 2.05) is 6.08 Å². The first-order valence-electron chi connectivity index (χ1n) is 5.60. The highest BCUT2D eigenvalue weighted by Gasteiger charge is 2.60. The molecule has 1 aliphatic heterocycles. The quantitative estimate of drug-likeness (QED) is 0.530. The van der Waals surface area contributed by atoms with Gasteiger partial charge in [0.25, 0.3) is 0 Å². The van der Waals surface area contributed by atoms with Gasteiger partial charge < -0.3 is 18.0 Å². The highest BCUT2D eigenvalue weighted by Crippen LogP contribution is 2.38. The predicted octanol–water partition coefficient (Wildman–Crippen LogP) is 1.92. The topological polar surface area (TPSA) is 36.9 Å². The number of rotatable bonds is 6. The molecule has 0 spiro atoms. The molecule has 1 saturated heterocycles. The highest BCUT2D eigenvalue weighted by molar-refractivity contribution is 6.64. The van der Waals surface area contributed by atoms with Crippen LogP contribution in [0.1, 0.15) is 25.7 Å². The van der Waals surface area contributed by atoms with Crippen molar-refractivity contribution in [2.45, 2.75) is 30.9 Å². The second-order valence-electron chi connectivity index (χ2n) is 3.96. The molecule has 0 radical (unpaired) electrons. The Morgan fingerprint density at radius 2 is 1.88 bits per heavy atom. The van der Waals surface area contributed by atoms with Gasteiger partial charge in [-0.1, -0.05) is 6.08 Å². The molecule has 1 aliphatic rings. The van der Waals surface area contributed by atoms with E-state index < -0.39 is 14.0 Å². The van der Waals surface area contributed by atoms with Gasteiger partial charge in [0.15, 0.2) is 0 Å². The zero-order chi connectivity index (χ0) is 12.1. The van der Waals surface area contributed by atoms with Crippen molar-refractivity contribution in [3.63, 3.8) is 0 Å². The number of ether oxygens (including phenoxy) is 1. The summed E-state index contributed by atoms with van der Waals surface area (Å²) in [6.45, 7) is 4.53. The minimum atomic E-state index is -2.78. The highest BCUT2D eigenvalue weighted by atomic mass is 28.4. The molecule has 0 bridgehead atoms. The zero-order valence-electron chi connectivity index (χ0n) is 10.5. The van der Waals surface area contributed by atoms with Crippen molar-refractivity contribution in [2.75, 3.05) is 27.9 Å². The van der Waals surface area contributed by atoms with Crippen LogP contribution in [0.25, 0.3) is 0 Å². The maximum atomic E-state index is 5.96. The minimum absolute atomic E-state index is 0.453. The lowest BCUT2D eigenvalue weighted by atomic mass is 10.1. The van der Waals surface area contributed by atoms with Gasteiger partial charge in [0.2, 0.25) is 0 Å². The van der Waals surface area contributed by atoms with Crippen LogP contribution in [0.5, 0.6) is 0 Å². The molecule has 0 aromatic heterocycles. The summed E-state index contributed by atoms with van der Waals surface area (Å²) in [4.78, 5) is 0. The van der Waals surface area contributed by atoms with Crippen LogP contribution in [0, 0.1) is 0 Å². The molecule has 0 N–H and O–H groups in total. The van der Waals surface area contributed by atoms with Crippen molar-refractivity contribution < 1.29 is 18.0 Å².